The summed E-state index contributed by atoms with van der Waals surface area (Å²) in [6.07, 6.45) is 4.00. The van der Waals surface area contributed by atoms with E-state index in [1.54, 1.807) is 0 Å². The Morgan fingerprint density at radius 2 is 1.79 bits per heavy atom. The fraction of sp³-hybridized carbons (Fsp3) is 0.500. The summed E-state index contributed by atoms with van der Waals surface area (Å²) in [5.41, 5.74) is 1.34. The van der Waals surface area contributed by atoms with E-state index in [0.29, 0.717) is 34.9 Å². The van der Waals surface area contributed by atoms with Gasteiger partial charge in [0.15, 0.2) is 10.8 Å². The molecule has 1 saturated heterocycles. The Bertz CT molecular complexity index is 1250. The highest BCUT2D eigenvalue weighted by molar-refractivity contribution is 7.22. The van der Waals surface area contributed by atoms with Gasteiger partial charge in [-0.2, -0.15) is 0 Å². The van der Waals surface area contributed by atoms with Crippen LogP contribution in [-0.2, 0) is 17.9 Å². The van der Waals surface area contributed by atoms with Crippen molar-refractivity contribution in [1.29, 1.82) is 0 Å². The minimum Gasteiger partial charge on any atom is -0.348 e. The number of fused-ring (bicyclic) bond motifs is 1. The van der Waals surface area contributed by atoms with Crippen LogP contribution in [0.15, 0.2) is 33.9 Å². The van der Waals surface area contributed by atoms with Crippen LogP contribution in [0.2, 0.25) is 0 Å². The second-order valence-corrected chi connectivity index (χ2v) is 9.82. The molecule has 4 rings (SSSR count). The third kappa shape index (κ3) is 4.88. The largest absolute Gasteiger partial charge is 0.348 e. The molecule has 176 valence electrons. The van der Waals surface area contributed by atoms with E-state index in [9.17, 15) is 14.4 Å². The average molecular weight is 470 g/mol. The molecule has 9 heteroatoms. The molecule has 3 aromatic rings. The molecule has 0 aliphatic carbocycles. The Morgan fingerprint density at radius 3 is 2.42 bits per heavy atom. The zero-order chi connectivity index (χ0) is 23.5. The van der Waals surface area contributed by atoms with E-state index in [1.165, 1.54) is 32.5 Å². The second kappa shape index (κ2) is 9.91. The quantitative estimate of drug-likeness (QED) is 0.569. The van der Waals surface area contributed by atoms with Gasteiger partial charge < -0.3 is 10.2 Å². The second-order valence-electron chi connectivity index (χ2n) is 8.85. The van der Waals surface area contributed by atoms with Crippen LogP contribution in [0.3, 0.4) is 0 Å². The minimum absolute atomic E-state index is 0.200. The number of nitrogens with zero attached hydrogens (tertiary/aromatic N) is 4. The molecule has 1 amide bonds. The first-order valence-corrected chi connectivity index (χ1v) is 12.5. The van der Waals surface area contributed by atoms with Gasteiger partial charge in [-0.3, -0.25) is 18.7 Å². The summed E-state index contributed by atoms with van der Waals surface area (Å²) in [7, 11) is 0. The van der Waals surface area contributed by atoms with Crippen LogP contribution in [0.1, 0.15) is 57.9 Å². The van der Waals surface area contributed by atoms with E-state index in [0.717, 1.165) is 31.1 Å². The van der Waals surface area contributed by atoms with E-state index in [-0.39, 0.29) is 18.0 Å². The summed E-state index contributed by atoms with van der Waals surface area (Å²) >= 11 is 1.32. The van der Waals surface area contributed by atoms with Crippen molar-refractivity contribution in [2.24, 2.45) is 0 Å². The first-order chi connectivity index (χ1) is 15.9. The van der Waals surface area contributed by atoms with Crippen LogP contribution < -0.4 is 21.5 Å². The minimum atomic E-state index is -0.491. The Balaban J connectivity index is 1.68. The van der Waals surface area contributed by atoms with Gasteiger partial charge in [-0.25, -0.2) is 9.78 Å². The van der Waals surface area contributed by atoms with E-state index in [2.05, 4.69) is 29.0 Å². The number of carbonyl (C=O) groups is 1. The van der Waals surface area contributed by atoms with E-state index in [4.69, 9.17) is 0 Å². The van der Waals surface area contributed by atoms with Crippen molar-refractivity contribution in [2.75, 3.05) is 23.3 Å². The predicted molar refractivity (Wildman–Crippen MR) is 134 cm³/mol. The van der Waals surface area contributed by atoms with Gasteiger partial charge in [-0.15, -0.1) is 0 Å². The highest BCUT2D eigenvalue weighted by Crippen LogP contribution is 2.28. The number of aromatic nitrogens is 3. The fourth-order valence-electron chi connectivity index (χ4n) is 4.15. The summed E-state index contributed by atoms with van der Waals surface area (Å²) in [5.74, 6) is 0.0740. The Hall–Kier alpha value is -2.94. The molecule has 1 aliphatic rings. The van der Waals surface area contributed by atoms with Crippen molar-refractivity contribution in [3.05, 3.63) is 50.7 Å². The maximum Gasteiger partial charge on any atom is 0.333 e. The molecule has 0 saturated carbocycles. The molecule has 0 radical (unpaired) electrons. The van der Waals surface area contributed by atoms with Crippen LogP contribution in [0.25, 0.3) is 10.3 Å². The number of amides is 1. The number of thiazole rings is 1. The third-order valence-electron chi connectivity index (χ3n) is 5.99. The number of rotatable bonds is 7. The summed E-state index contributed by atoms with van der Waals surface area (Å²) in [6, 6.07) is 7.69. The first kappa shape index (κ1) is 23.2. The van der Waals surface area contributed by atoms with Crippen LogP contribution in [-0.4, -0.2) is 33.1 Å². The fourth-order valence-corrected chi connectivity index (χ4v) is 5.22. The Kier molecular flexibility index (Phi) is 6.97. The van der Waals surface area contributed by atoms with Crippen molar-refractivity contribution in [2.45, 2.75) is 65.5 Å². The lowest BCUT2D eigenvalue weighted by Gasteiger charge is -2.25. The van der Waals surface area contributed by atoms with Crippen molar-refractivity contribution < 1.29 is 4.79 Å². The van der Waals surface area contributed by atoms with Gasteiger partial charge in [-0.05, 0) is 49.3 Å². The van der Waals surface area contributed by atoms with Crippen LogP contribution in [0, 0.1) is 0 Å². The maximum atomic E-state index is 13.2. The maximum absolute atomic E-state index is 13.2. The lowest BCUT2D eigenvalue weighted by atomic mass is 10.0. The molecule has 3 heterocycles. The van der Waals surface area contributed by atoms with E-state index < -0.39 is 5.69 Å². The summed E-state index contributed by atoms with van der Waals surface area (Å²) in [6.45, 7) is 8.03. The van der Waals surface area contributed by atoms with Gasteiger partial charge in [0, 0.05) is 25.3 Å². The molecule has 8 nitrogen and oxygen atoms in total. The van der Waals surface area contributed by atoms with Crippen molar-refractivity contribution in [1.82, 2.24) is 14.1 Å². The van der Waals surface area contributed by atoms with Gasteiger partial charge in [0.25, 0.3) is 5.56 Å². The molecule has 0 bridgehead atoms. The first-order valence-electron chi connectivity index (χ1n) is 11.7. The molecule has 1 aromatic carbocycles. The topological polar surface area (TPSA) is 89.2 Å². The number of hydrogen-bond donors (Lipinski definition) is 1. The van der Waals surface area contributed by atoms with Gasteiger partial charge >= 0.3 is 5.69 Å². The predicted octanol–water partition coefficient (Wildman–Crippen LogP) is 3.78. The van der Waals surface area contributed by atoms with Gasteiger partial charge in [-0.1, -0.05) is 44.2 Å². The van der Waals surface area contributed by atoms with Crippen molar-refractivity contribution in [3.8, 4) is 0 Å². The SMILES string of the molecule is CCCn1c(=O)c2sc(N3CCCCC3)nc2n(CC(=O)Nc2ccc(C(C)C)cc2)c1=O. The molecule has 1 N–H and O–H groups in total. The van der Waals surface area contributed by atoms with Crippen LogP contribution in [0.4, 0.5) is 10.8 Å². The van der Waals surface area contributed by atoms with E-state index >= 15 is 0 Å². The van der Waals surface area contributed by atoms with Gasteiger partial charge in [0.1, 0.15) is 11.2 Å². The lowest BCUT2D eigenvalue weighted by Crippen LogP contribution is -2.41. The number of anilines is 2. The molecule has 0 atom stereocenters. The lowest BCUT2D eigenvalue weighted by molar-refractivity contribution is -0.116. The third-order valence-corrected chi connectivity index (χ3v) is 7.08. The summed E-state index contributed by atoms with van der Waals surface area (Å²) in [4.78, 5) is 45.9. The number of benzene rings is 1. The Labute approximate surface area is 196 Å². The monoisotopic (exact) mass is 469 g/mol. The highest BCUT2D eigenvalue weighted by atomic mass is 32.1. The van der Waals surface area contributed by atoms with Crippen molar-refractivity contribution in [3.63, 3.8) is 0 Å². The summed E-state index contributed by atoms with van der Waals surface area (Å²) < 4.78 is 3.00. The number of nitrogens with one attached hydrogen (secondary N) is 1. The molecule has 0 spiro atoms. The number of piperidine rings is 1. The number of hydrogen-bond acceptors (Lipinski definition) is 6. The highest BCUT2D eigenvalue weighted by Gasteiger charge is 2.22. The molecular formula is C24H31N5O3S. The number of carbonyl (C=O) groups excluding carboxylic acids is 1. The van der Waals surface area contributed by atoms with Gasteiger partial charge in [0.2, 0.25) is 5.91 Å². The molecular weight excluding hydrogens is 438 g/mol. The smallest absolute Gasteiger partial charge is 0.333 e. The van der Waals surface area contributed by atoms with Gasteiger partial charge in [0.05, 0.1) is 0 Å². The molecule has 33 heavy (non-hydrogen) atoms. The average Bonchev–Trinajstić information content (AvgIpc) is 3.26. The van der Waals surface area contributed by atoms with E-state index in [1.807, 2.05) is 31.2 Å². The molecule has 0 unspecified atom stereocenters. The van der Waals surface area contributed by atoms with Crippen molar-refractivity contribution >= 4 is 38.4 Å². The Morgan fingerprint density at radius 1 is 1.09 bits per heavy atom. The standard InChI is InChI=1S/C24H31N5O3S/c1-4-12-28-22(31)20-21(26-23(33-20)27-13-6-5-7-14-27)29(24(28)32)15-19(30)25-18-10-8-17(9-11-18)16(2)3/h8-11,16H,4-7,12-15H2,1-3H3,(H,25,30). The molecule has 1 fully saturated rings. The zero-order valence-corrected chi connectivity index (χ0v) is 20.3. The normalized spacial score (nSPS) is 14.2. The molecule has 1 aliphatic heterocycles. The summed E-state index contributed by atoms with van der Waals surface area (Å²) in [5, 5.41) is 3.61. The molecule has 2 aromatic heterocycles. The van der Waals surface area contributed by atoms with Crippen LogP contribution >= 0.6 is 11.3 Å². The zero-order valence-electron chi connectivity index (χ0n) is 19.5. The van der Waals surface area contributed by atoms with Crippen LogP contribution in [0.5, 0.6) is 0 Å².